The normalized spacial score (nSPS) is 24.0. The minimum Gasteiger partial charge on any atom is -0.384 e. The fourth-order valence-electron chi connectivity index (χ4n) is 3.01. The van der Waals surface area contributed by atoms with Crippen molar-refractivity contribution < 1.29 is 0 Å². The largest absolute Gasteiger partial charge is 0.384 e. The zero-order valence-corrected chi connectivity index (χ0v) is 12.1. The van der Waals surface area contributed by atoms with Crippen molar-refractivity contribution in [3.05, 3.63) is 35.4 Å². The lowest BCUT2D eigenvalue weighted by molar-refractivity contribution is 0.250. The zero-order chi connectivity index (χ0) is 14.0. The van der Waals surface area contributed by atoms with Crippen LogP contribution in [0.25, 0.3) is 0 Å². The van der Waals surface area contributed by atoms with E-state index in [1.54, 1.807) is 0 Å². The Balaban J connectivity index is 2.09. The average Bonchev–Trinajstić information content (AvgIpc) is 2.71. The van der Waals surface area contributed by atoms with Gasteiger partial charge in [0, 0.05) is 31.2 Å². The number of likely N-dealkylation sites (tertiary alicyclic amines) is 1. The molecule has 0 radical (unpaired) electrons. The molecule has 1 aliphatic heterocycles. The van der Waals surface area contributed by atoms with Gasteiger partial charge >= 0.3 is 0 Å². The highest BCUT2D eigenvalue weighted by Gasteiger charge is 2.30. The molecule has 0 aliphatic carbocycles. The molecular weight excluding hydrogens is 236 g/mol. The molecule has 1 fully saturated rings. The highest BCUT2D eigenvalue weighted by atomic mass is 15.2. The lowest BCUT2D eigenvalue weighted by Gasteiger charge is -2.22. The van der Waals surface area contributed by atoms with Crippen LogP contribution in [0.1, 0.15) is 18.1 Å². The maximum absolute atomic E-state index is 7.65. The Morgan fingerprint density at radius 1 is 1.37 bits per heavy atom. The van der Waals surface area contributed by atoms with Gasteiger partial charge in [-0.1, -0.05) is 31.2 Å². The van der Waals surface area contributed by atoms with E-state index >= 15 is 0 Å². The first-order valence-corrected chi connectivity index (χ1v) is 6.80. The third-order valence-electron chi connectivity index (χ3n) is 4.01. The predicted octanol–water partition coefficient (Wildman–Crippen LogP) is 1.35. The van der Waals surface area contributed by atoms with Crippen molar-refractivity contribution in [2.45, 2.75) is 19.5 Å². The summed E-state index contributed by atoms with van der Waals surface area (Å²) in [5.74, 6) is 0.839. The SMILES string of the molecule is CC1CN(Cc2ccccc2C(=N)N)CC1N(C)C. The van der Waals surface area contributed by atoms with Crippen LogP contribution in [0.3, 0.4) is 0 Å². The van der Waals surface area contributed by atoms with E-state index in [1.807, 2.05) is 18.2 Å². The molecule has 0 bridgehead atoms. The van der Waals surface area contributed by atoms with Crippen LogP contribution < -0.4 is 5.73 Å². The number of nitrogens with zero attached hydrogens (tertiary/aromatic N) is 2. The molecule has 3 N–H and O–H groups in total. The number of nitrogen functional groups attached to an aromatic ring is 1. The van der Waals surface area contributed by atoms with Gasteiger partial charge in [0.1, 0.15) is 5.84 Å². The van der Waals surface area contributed by atoms with Crippen LogP contribution >= 0.6 is 0 Å². The van der Waals surface area contributed by atoms with Crippen LogP contribution in [0.5, 0.6) is 0 Å². The van der Waals surface area contributed by atoms with E-state index in [-0.39, 0.29) is 5.84 Å². The molecule has 2 atom stereocenters. The van der Waals surface area contributed by atoms with Crippen LogP contribution in [0.15, 0.2) is 24.3 Å². The van der Waals surface area contributed by atoms with Gasteiger partial charge < -0.3 is 10.6 Å². The highest BCUT2D eigenvalue weighted by Crippen LogP contribution is 2.22. The van der Waals surface area contributed by atoms with E-state index in [1.165, 1.54) is 0 Å². The lowest BCUT2D eigenvalue weighted by atomic mass is 10.1. The van der Waals surface area contributed by atoms with Crippen molar-refractivity contribution in [2.75, 3.05) is 27.2 Å². The molecule has 1 saturated heterocycles. The van der Waals surface area contributed by atoms with Crippen LogP contribution in [0, 0.1) is 11.3 Å². The second-order valence-corrected chi connectivity index (χ2v) is 5.77. The Morgan fingerprint density at radius 2 is 2.05 bits per heavy atom. The Hall–Kier alpha value is -1.39. The van der Waals surface area contributed by atoms with Crippen LogP contribution in [0.4, 0.5) is 0 Å². The van der Waals surface area contributed by atoms with E-state index in [4.69, 9.17) is 11.1 Å². The number of hydrogen-bond donors (Lipinski definition) is 2. The number of likely N-dealkylation sites (N-methyl/N-ethyl adjacent to an activating group) is 1. The van der Waals surface area contributed by atoms with Crippen molar-refractivity contribution in [1.82, 2.24) is 9.80 Å². The van der Waals surface area contributed by atoms with Gasteiger partial charge in [-0.3, -0.25) is 10.3 Å². The maximum atomic E-state index is 7.65. The fraction of sp³-hybridized carbons (Fsp3) is 0.533. The molecule has 1 aromatic carbocycles. The van der Waals surface area contributed by atoms with Gasteiger partial charge in [0.05, 0.1) is 0 Å². The molecule has 2 rings (SSSR count). The lowest BCUT2D eigenvalue weighted by Crippen LogP contribution is -2.34. The molecule has 0 spiro atoms. The number of rotatable bonds is 4. The summed E-state index contributed by atoms with van der Waals surface area (Å²) in [4.78, 5) is 4.76. The highest BCUT2D eigenvalue weighted by molar-refractivity contribution is 5.96. The van der Waals surface area contributed by atoms with Gasteiger partial charge in [-0.05, 0) is 25.6 Å². The predicted molar refractivity (Wildman–Crippen MR) is 79.4 cm³/mol. The number of benzene rings is 1. The quantitative estimate of drug-likeness (QED) is 0.635. The summed E-state index contributed by atoms with van der Waals surface area (Å²) in [6.45, 7) is 5.38. The Morgan fingerprint density at radius 3 is 2.63 bits per heavy atom. The Bertz CT molecular complexity index is 455. The number of nitrogens with two attached hydrogens (primary N) is 1. The van der Waals surface area contributed by atoms with Crippen molar-refractivity contribution >= 4 is 5.84 Å². The second-order valence-electron chi connectivity index (χ2n) is 5.77. The van der Waals surface area contributed by atoms with Crippen molar-refractivity contribution in [2.24, 2.45) is 11.7 Å². The molecule has 19 heavy (non-hydrogen) atoms. The van der Waals surface area contributed by atoms with E-state index in [9.17, 15) is 0 Å². The summed E-state index contributed by atoms with van der Waals surface area (Å²) in [6, 6.07) is 8.58. The minimum atomic E-state index is 0.159. The van der Waals surface area contributed by atoms with Crippen LogP contribution in [-0.4, -0.2) is 48.9 Å². The molecule has 1 heterocycles. The molecule has 1 aromatic rings. The summed E-state index contributed by atoms with van der Waals surface area (Å²) in [5, 5.41) is 7.65. The summed E-state index contributed by atoms with van der Waals surface area (Å²) >= 11 is 0. The molecule has 104 valence electrons. The number of amidine groups is 1. The van der Waals surface area contributed by atoms with Gasteiger partial charge in [-0.15, -0.1) is 0 Å². The van der Waals surface area contributed by atoms with E-state index < -0.39 is 0 Å². The molecule has 1 aliphatic rings. The third kappa shape index (κ3) is 3.14. The van der Waals surface area contributed by atoms with Gasteiger partial charge in [0.15, 0.2) is 0 Å². The van der Waals surface area contributed by atoms with Gasteiger partial charge in [0.2, 0.25) is 0 Å². The summed E-state index contributed by atoms with van der Waals surface area (Å²) < 4.78 is 0. The topological polar surface area (TPSA) is 56.4 Å². The van der Waals surface area contributed by atoms with Gasteiger partial charge in [-0.2, -0.15) is 0 Å². The molecule has 4 heteroatoms. The van der Waals surface area contributed by atoms with E-state index in [2.05, 4.69) is 36.9 Å². The fourth-order valence-corrected chi connectivity index (χ4v) is 3.01. The first-order chi connectivity index (χ1) is 8.99. The van der Waals surface area contributed by atoms with Gasteiger partial charge in [0.25, 0.3) is 0 Å². The average molecular weight is 260 g/mol. The van der Waals surface area contributed by atoms with E-state index in [0.717, 1.165) is 30.8 Å². The second kappa shape index (κ2) is 5.72. The molecule has 0 saturated carbocycles. The standard InChI is InChI=1S/C15H24N4/c1-11-8-19(10-14(11)18(2)3)9-12-6-4-5-7-13(12)15(16)17/h4-7,11,14H,8-10H2,1-3H3,(H3,16,17). The van der Waals surface area contributed by atoms with Crippen LogP contribution in [-0.2, 0) is 6.54 Å². The molecule has 0 amide bonds. The first kappa shape index (κ1) is 14.0. The molecule has 2 unspecified atom stereocenters. The maximum Gasteiger partial charge on any atom is 0.123 e. The van der Waals surface area contributed by atoms with E-state index in [0.29, 0.717) is 12.0 Å². The summed E-state index contributed by atoms with van der Waals surface area (Å²) in [5.41, 5.74) is 7.67. The van der Waals surface area contributed by atoms with Crippen molar-refractivity contribution in [3.63, 3.8) is 0 Å². The number of nitrogens with one attached hydrogen (secondary N) is 1. The Kier molecular flexibility index (Phi) is 4.22. The number of hydrogen-bond acceptors (Lipinski definition) is 3. The van der Waals surface area contributed by atoms with Crippen molar-refractivity contribution in [3.8, 4) is 0 Å². The molecule has 4 nitrogen and oxygen atoms in total. The Labute approximate surface area is 115 Å². The summed E-state index contributed by atoms with van der Waals surface area (Å²) in [6.07, 6.45) is 0. The third-order valence-corrected chi connectivity index (χ3v) is 4.01. The summed E-state index contributed by atoms with van der Waals surface area (Å²) in [7, 11) is 4.29. The smallest absolute Gasteiger partial charge is 0.123 e. The van der Waals surface area contributed by atoms with Crippen LogP contribution in [0.2, 0.25) is 0 Å². The molecule has 0 aromatic heterocycles. The van der Waals surface area contributed by atoms with Crippen molar-refractivity contribution in [1.29, 1.82) is 5.41 Å². The zero-order valence-electron chi connectivity index (χ0n) is 12.1. The first-order valence-electron chi connectivity index (χ1n) is 6.80. The molecular formula is C15H24N4. The van der Waals surface area contributed by atoms with Gasteiger partial charge in [-0.25, -0.2) is 0 Å². The monoisotopic (exact) mass is 260 g/mol. The minimum absolute atomic E-state index is 0.159.